The molecule has 1 aliphatic heterocycles. The van der Waals surface area contributed by atoms with Gasteiger partial charge in [0.25, 0.3) is 0 Å². The van der Waals surface area contributed by atoms with Crippen LogP contribution >= 0.6 is 0 Å². The van der Waals surface area contributed by atoms with Crippen molar-refractivity contribution in [2.45, 2.75) is 38.6 Å². The highest BCUT2D eigenvalue weighted by atomic mass is 16.7. The van der Waals surface area contributed by atoms with Gasteiger partial charge in [-0.1, -0.05) is 0 Å². The standard InChI is InChI=1S/C20H26O8/c1-4-27-16-7-8-19(10-15(23)13-9-12(21)5-6-14(13)22)17(24)28-11-20(16,19)18(25-2)26-3/h5-6,9,16,18,21-22H,4,7-8,10-11H2,1-3H3/t16-,19+,20-/m1/s1. The number of aromatic hydroxyl groups is 2. The average molecular weight is 394 g/mol. The largest absolute Gasteiger partial charge is 0.508 e. The quantitative estimate of drug-likeness (QED) is 0.298. The highest BCUT2D eigenvalue weighted by Gasteiger charge is 2.74. The summed E-state index contributed by atoms with van der Waals surface area (Å²) in [6.45, 7) is 2.30. The molecule has 1 aromatic rings. The van der Waals surface area contributed by atoms with Crippen molar-refractivity contribution < 1.29 is 38.7 Å². The molecular weight excluding hydrogens is 368 g/mol. The summed E-state index contributed by atoms with van der Waals surface area (Å²) in [4.78, 5) is 26.0. The fourth-order valence-corrected chi connectivity index (χ4v) is 4.86. The molecular formula is C20H26O8. The molecule has 1 aliphatic carbocycles. The van der Waals surface area contributed by atoms with Crippen molar-refractivity contribution in [2.24, 2.45) is 10.8 Å². The number of esters is 1. The van der Waals surface area contributed by atoms with Crippen LogP contribution in [0.15, 0.2) is 18.2 Å². The third-order valence-electron chi connectivity index (χ3n) is 6.09. The third kappa shape index (κ3) is 2.87. The van der Waals surface area contributed by atoms with Crippen molar-refractivity contribution in [3.8, 4) is 11.5 Å². The lowest BCUT2D eigenvalue weighted by atomic mass is 9.63. The summed E-state index contributed by atoms with van der Waals surface area (Å²) in [5.74, 6) is -1.38. The number of hydrogen-bond donors (Lipinski definition) is 2. The van der Waals surface area contributed by atoms with Crippen molar-refractivity contribution in [3.63, 3.8) is 0 Å². The number of ketones is 1. The Kier molecular flexibility index (Phi) is 5.65. The third-order valence-corrected chi connectivity index (χ3v) is 6.09. The Balaban J connectivity index is 2.05. The number of phenols is 2. The van der Waals surface area contributed by atoms with Crippen molar-refractivity contribution >= 4 is 11.8 Å². The van der Waals surface area contributed by atoms with E-state index in [1.165, 1.54) is 32.4 Å². The van der Waals surface area contributed by atoms with Gasteiger partial charge in [-0.15, -0.1) is 0 Å². The minimum atomic E-state index is -1.21. The zero-order valence-electron chi connectivity index (χ0n) is 16.3. The van der Waals surface area contributed by atoms with E-state index >= 15 is 0 Å². The molecule has 8 heteroatoms. The van der Waals surface area contributed by atoms with Gasteiger partial charge in [-0.25, -0.2) is 0 Å². The van der Waals surface area contributed by atoms with Gasteiger partial charge in [-0.3, -0.25) is 9.59 Å². The number of methoxy groups -OCH3 is 2. The van der Waals surface area contributed by atoms with Crippen molar-refractivity contribution in [3.05, 3.63) is 23.8 Å². The highest BCUT2D eigenvalue weighted by Crippen LogP contribution is 2.63. The molecule has 1 aromatic carbocycles. The van der Waals surface area contributed by atoms with Gasteiger partial charge in [0, 0.05) is 27.2 Å². The lowest BCUT2D eigenvalue weighted by Gasteiger charge is -2.43. The van der Waals surface area contributed by atoms with Crippen LogP contribution in [-0.2, 0) is 23.7 Å². The van der Waals surface area contributed by atoms with E-state index in [9.17, 15) is 19.8 Å². The van der Waals surface area contributed by atoms with Gasteiger partial charge in [-0.05, 0) is 38.0 Å². The Hall–Kier alpha value is -2.16. The molecule has 2 fully saturated rings. The Morgan fingerprint density at radius 3 is 2.68 bits per heavy atom. The maximum absolute atomic E-state index is 13.1. The van der Waals surface area contributed by atoms with Gasteiger partial charge in [0.1, 0.15) is 18.1 Å². The van der Waals surface area contributed by atoms with Crippen LogP contribution in [0.5, 0.6) is 11.5 Å². The second-order valence-electron chi connectivity index (χ2n) is 7.29. The van der Waals surface area contributed by atoms with Crippen LogP contribution in [0.25, 0.3) is 0 Å². The fourth-order valence-electron chi connectivity index (χ4n) is 4.86. The molecule has 0 bridgehead atoms. The summed E-state index contributed by atoms with van der Waals surface area (Å²) in [5, 5.41) is 19.8. The topological polar surface area (TPSA) is 112 Å². The maximum atomic E-state index is 13.1. The number of fused-ring (bicyclic) bond motifs is 1. The van der Waals surface area contributed by atoms with E-state index in [2.05, 4.69) is 0 Å². The van der Waals surface area contributed by atoms with E-state index in [-0.39, 0.29) is 36.2 Å². The van der Waals surface area contributed by atoms with E-state index in [0.29, 0.717) is 19.4 Å². The molecule has 3 rings (SSSR count). The van der Waals surface area contributed by atoms with Crippen LogP contribution in [0, 0.1) is 10.8 Å². The number of carbonyl (C=O) groups is 2. The molecule has 0 aromatic heterocycles. The van der Waals surface area contributed by atoms with Gasteiger partial charge >= 0.3 is 5.97 Å². The molecule has 0 radical (unpaired) electrons. The Labute approximate surface area is 163 Å². The summed E-state index contributed by atoms with van der Waals surface area (Å²) in [6, 6.07) is 3.71. The van der Waals surface area contributed by atoms with Crippen LogP contribution in [0.1, 0.15) is 36.5 Å². The number of ether oxygens (including phenoxy) is 4. The smallest absolute Gasteiger partial charge is 0.313 e. The lowest BCUT2D eigenvalue weighted by Crippen LogP contribution is -2.55. The SMILES string of the molecule is CCO[C@@H]1CC[C@]2(CC(=O)c3cc(O)ccc3O)C(=O)OC[C@]12C(OC)OC. The predicted molar refractivity (Wildman–Crippen MR) is 97.0 cm³/mol. The summed E-state index contributed by atoms with van der Waals surface area (Å²) in [5.41, 5.74) is -2.25. The molecule has 0 unspecified atom stereocenters. The minimum absolute atomic E-state index is 0.0160. The number of carbonyl (C=O) groups excluding carboxylic acids is 2. The predicted octanol–water partition coefficient (Wildman–Crippen LogP) is 2.02. The Bertz CT molecular complexity index is 759. The molecule has 8 nitrogen and oxygen atoms in total. The minimum Gasteiger partial charge on any atom is -0.508 e. The highest BCUT2D eigenvalue weighted by molar-refractivity contribution is 6.02. The van der Waals surface area contributed by atoms with E-state index in [4.69, 9.17) is 18.9 Å². The number of hydrogen-bond acceptors (Lipinski definition) is 8. The first-order valence-corrected chi connectivity index (χ1v) is 9.26. The fraction of sp³-hybridized carbons (Fsp3) is 0.600. The van der Waals surface area contributed by atoms with E-state index in [1.807, 2.05) is 6.92 Å². The van der Waals surface area contributed by atoms with E-state index in [0.717, 1.165) is 0 Å². The van der Waals surface area contributed by atoms with Gasteiger partial charge in [0.2, 0.25) is 0 Å². The second-order valence-corrected chi connectivity index (χ2v) is 7.29. The van der Waals surface area contributed by atoms with Gasteiger partial charge in [0.05, 0.1) is 22.5 Å². The van der Waals surface area contributed by atoms with Crippen molar-refractivity contribution in [1.29, 1.82) is 0 Å². The summed E-state index contributed by atoms with van der Waals surface area (Å²) >= 11 is 0. The molecule has 1 saturated heterocycles. The first-order valence-electron chi connectivity index (χ1n) is 9.26. The van der Waals surface area contributed by atoms with Gasteiger partial charge in [0.15, 0.2) is 12.1 Å². The zero-order valence-corrected chi connectivity index (χ0v) is 16.3. The van der Waals surface area contributed by atoms with Crippen LogP contribution < -0.4 is 0 Å². The number of phenolic OH excluding ortho intramolecular Hbond substituents is 2. The van der Waals surface area contributed by atoms with Crippen molar-refractivity contribution in [2.75, 3.05) is 27.4 Å². The number of benzene rings is 1. The van der Waals surface area contributed by atoms with Crippen LogP contribution in [0.2, 0.25) is 0 Å². The lowest BCUT2D eigenvalue weighted by molar-refractivity contribution is -0.230. The number of rotatable bonds is 8. The van der Waals surface area contributed by atoms with Gasteiger partial charge in [-0.2, -0.15) is 0 Å². The van der Waals surface area contributed by atoms with E-state index < -0.39 is 28.9 Å². The normalized spacial score (nSPS) is 29.1. The monoisotopic (exact) mass is 394 g/mol. The molecule has 3 atom stereocenters. The molecule has 1 heterocycles. The molecule has 2 aliphatic rings. The average Bonchev–Trinajstić information content (AvgIpc) is 3.12. The molecule has 1 saturated carbocycles. The molecule has 154 valence electrons. The van der Waals surface area contributed by atoms with Crippen molar-refractivity contribution in [1.82, 2.24) is 0 Å². The van der Waals surface area contributed by atoms with Crippen LogP contribution in [0.3, 0.4) is 0 Å². The molecule has 28 heavy (non-hydrogen) atoms. The second kappa shape index (κ2) is 7.69. The van der Waals surface area contributed by atoms with Crippen LogP contribution in [-0.4, -0.2) is 61.8 Å². The van der Waals surface area contributed by atoms with Gasteiger partial charge < -0.3 is 29.2 Å². The first kappa shape index (κ1) is 20.6. The first-order chi connectivity index (χ1) is 13.4. The summed E-state index contributed by atoms with van der Waals surface area (Å²) in [6.07, 6.45) is -0.505. The van der Waals surface area contributed by atoms with E-state index in [1.54, 1.807) is 0 Å². The molecule has 2 N–H and O–H groups in total. The number of Topliss-reactive ketones (excluding diaryl/α,β-unsaturated/α-hetero) is 1. The number of cyclic esters (lactones) is 1. The molecule has 0 amide bonds. The summed E-state index contributed by atoms with van der Waals surface area (Å²) < 4.78 is 22.4. The van der Waals surface area contributed by atoms with Crippen LogP contribution in [0.4, 0.5) is 0 Å². The summed E-state index contributed by atoms with van der Waals surface area (Å²) in [7, 11) is 2.95. The zero-order chi connectivity index (χ0) is 20.5. The molecule has 0 spiro atoms. The maximum Gasteiger partial charge on any atom is 0.313 e. The Morgan fingerprint density at radius 2 is 2.04 bits per heavy atom. The Morgan fingerprint density at radius 1 is 1.32 bits per heavy atom.